The Balaban J connectivity index is 3.87. The van der Waals surface area contributed by atoms with Crippen molar-refractivity contribution in [3.63, 3.8) is 0 Å². The van der Waals surface area contributed by atoms with Crippen LogP contribution in [0.15, 0.2) is 0 Å². The number of hydrogen-bond donors (Lipinski definition) is 2. The van der Waals surface area contributed by atoms with Crippen LogP contribution in [-0.4, -0.2) is 25.3 Å². The third-order valence-electron chi connectivity index (χ3n) is 1.69. The van der Waals surface area contributed by atoms with E-state index in [1.807, 2.05) is 13.8 Å². The molecule has 72 valence electrons. The molecule has 0 aromatic carbocycles. The van der Waals surface area contributed by atoms with Crippen molar-refractivity contribution in [2.45, 2.75) is 33.0 Å². The zero-order chi connectivity index (χ0) is 9.72. The molecule has 4 heteroatoms. The molecule has 0 bridgehead atoms. The second kappa shape index (κ2) is 5.11. The van der Waals surface area contributed by atoms with E-state index in [0.29, 0.717) is 0 Å². The van der Waals surface area contributed by atoms with Crippen molar-refractivity contribution in [3.8, 4) is 0 Å². The molecule has 0 aliphatic heterocycles. The molecule has 3 N–H and O–H groups in total. The minimum atomic E-state index is -0.527. The number of nitrogens with one attached hydrogen (secondary N) is 1. The fourth-order valence-electron chi connectivity index (χ4n) is 0.584. The second-order valence-electron chi connectivity index (χ2n) is 3.14. The normalized spacial score (nSPS) is 15.8. The Morgan fingerprint density at radius 1 is 1.42 bits per heavy atom. The second-order valence-corrected chi connectivity index (χ2v) is 3.14. The summed E-state index contributed by atoms with van der Waals surface area (Å²) in [6, 6.07) is -0.527. The lowest BCUT2D eigenvalue weighted by Crippen LogP contribution is -2.40. The Kier molecular flexibility index (Phi) is 4.85. The average Bonchev–Trinajstić information content (AvgIpc) is 2.02. The zero-order valence-corrected chi connectivity index (χ0v) is 8.13. The largest absolute Gasteiger partial charge is 0.446 e. The van der Waals surface area contributed by atoms with Crippen molar-refractivity contribution < 1.29 is 9.53 Å². The van der Waals surface area contributed by atoms with Crippen molar-refractivity contribution in [2.24, 2.45) is 11.7 Å². The maximum atomic E-state index is 11.2. The molecule has 0 fully saturated rings. The fraction of sp³-hybridized carbons (Fsp3) is 0.875. The molecule has 0 aromatic heterocycles. The van der Waals surface area contributed by atoms with Gasteiger partial charge in [-0.2, -0.15) is 0 Å². The van der Waals surface area contributed by atoms with E-state index in [-0.39, 0.29) is 18.1 Å². The predicted octanol–water partition coefficient (Wildman–Crippen LogP) is 0.0783. The van der Waals surface area contributed by atoms with E-state index in [2.05, 4.69) is 5.32 Å². The molecule has 4 nitrogen and oxygen atoms in total. The van der Waals surface area contributed by atoms with Crippen LogP contribution in [0.1, 0.15) is 20.8 Å². The van der Waals surface area contributed by atoms with Gasteiger partial charge in [0.15, 0.2) is 0 Å². The number of carbonyl (C=O) groups is 1. The molecule has 0 amide bonds. The van der Waals surface area contributed by atoms with Crippen molar-refractivity contribution in [1.82, 2.24) is 5.32 Å². The van der Waals surface area contributed by atoms with Gasteiger partial charge in [0.25, 0.3) is 0 Å². The maximum absolute atomic E-state index is 11.2. The van der Waals surface area contributed by atoms with Crippen molar-refractivity contribution in [1.29, 1.82) is 0 Å². The van der Waals surface area contributed by atoms with Gasteiger partial charge in [0.05, 0.1) is 0 Å². The minimum Gasteiger partial charge on any atom is -0.446 e. The molecule has 0 saturated carbocycles. The topological polar surface area (TPSA) is 64.3 Å². The van der Waals surface area contributed by atoms with Crippen molar-refractivity contribution in [3.05, 3.63) is 0 Å². The molecule has 0 aliphatic carbocycles. The van der Waals surface area contributed by atoms with Crippen LogP contribution in [0.5, 0.6) is 0 Å². The average molecular weight is 174 g/mol. The molecule has 0 heterocycles. The molecule has 2 atom stereocenters. The highest BCUT2D eigenvalue weighted by atomic mass is 16.6. The van der Waals surface area contributed by atoms with Crippen LogP contribution >= 0.6 is 0 Å². The first-order valence-corrected chi connectivity index (χ1v) is 4.12. The Bertz CT molecular complexity index is 148. The highest BCUT2D eigenvalue weighted by molar-refractivity contribution is 5.75. The van der Waals surface area contributed by atoms with Gasteiger partial charge < -0.3 is 10.5 Å². The van der Waals surface area contributed by atoms with E-state index < -0.39 is 6.04 Å². The van der Waals surface area contributed by atoms with Gasteiger partial charge >= 0.3 is 5.97 Å². The summed E-state index contributed by atoms with van der Waals surface area (Å²) >= 11 is 0. The zero-order valence-electron chi connectivity index (χ0n) is 8.13. The molecule has 0 saturated heterocycles. The van der Waals surface area contributed by atoms with Gasteiger partial charge in [0, 0.05) is 0 Å². The maximum Gasteiger partial charge on any atom is 0.324 e. The monoisotopic (exact) mass is 174 g/mol. The van der Waals surface area contributed by atoms with Gasteiger partial charge in [-0.25, -0.2) is 0 Å². The summed E-state index contributed by atoms with van der Waals surface area (Å²) in [7, 11) is 1.72. The van der Waals surface area contributed by atoms with Gasteiger partial charge in [-0.05, 0) is 19.9 Å². The summed E-state index contributed by atoms with van der Waals surface area (Å²) in [5, 5.41) is 2.79. The van der Waals surface area contributed by atoms with E-state index >= 15 is 0 Å². The number of hydrogen-bond acceptors (Lipinski definition) is 4. The highest BCUT2D eigenvalue weighted by Crippen LogP contribution is 2.01. The molecule has 0 aliphatic rings. The molecule has 0 radical (unpaired) electrons. The van der Waals surface area contributed by atoms with Gasteiger partial charge in [0.2, 0.25) is 0 Å². The lowest BCUT2D eigenvalue weighted by molar-refractivity contribution is -0.152. The summed E-state index contributed by atoms with van der Waals surface area (Å²) in [5.74, 6) is -0.242. The summed E-state index contributed by atoms with van der Waals surface area (Å²) < 4.78 is 4.95. The molecule has 12 heavy (non-hydrogen) atoms. The van der Waals surface area contributed by atoms with Gasteiger partial charge in [-0.3, -0.25) is 10.1 Å². The molecule has 2 unspecified atom stereocenters. The fourth-order valence-corrected chi connectivity index (χ4v) is 0.584. The van der Waals surface area contributed by atoms with E-state index in [9.17, 15) is 4.79 Å². The number of rotatable bonds is 4. The SMILES string of the molecule is CNC(C)OC(=O)C(N)C(C)C. The quantitative estimate of drug-likeness (QED) is 0.468. The van der Waals surface area contributed by atoms with Crippen LogP contribution in [0, 0.1) is 5.92 Å². The third-order valence-corrected chi connectivity index (χ3v) is 1.69. The predicted molar refractivity (Wildman–Crippen MR) is 47.4 cm³/mol. The summed E-state index contributed by atoms with van der Waals surface area (Å²) in [4.78, 5) is 11.2. The first-order valence-electron chi connectivity index (χ1n) is 4.12. The van der Waals surface area contributed by atoms with Gasteiger partial charge in [-0.1, -0.05) is 13.8 Å². The first kappa shape index (κ1) is 11.4. The molecular formula is C8H18N2O2. The minimum absolute atomic E-state index is 0.113. The highest BCUT2D eigenvalue weighted by Gasteiger charge is 2.19. The molecule has 0 spiro atoms. The van der Waals surface area contributed by atoms with Crippen molar-refractivity contribution >= 4 is 5.97 Å². The lowest BCUT2D eigenvalue weighted by atomic mass is 10.1. The van der Waals surface area contributed by atoms with E-state index in [0.717, 1.165) is 0 Å². The first-order chi connectivity index (χ1) is 5.49. The Hall–Kier alpha value is -0.610. The van der Waals surface area contributed by atoms with E-state index in [1.165, 1.54) is 0 Å². The van der Waals surface area contributed by atoms with Crippen LogP contribution in [0.4, 0.5) is 0 Å². The van der Waals surface area contributed by atoms with Crippen LogP contribution in [0.2, 0.25) is 0 Å². The van der Waals surface area contributed by atoms with Crippen LogP contribution in [0.3, 0.4) is 0 Å². The summed E-state index contributed by atoms with van der Waals surface area (Å²) in [6.07, 6.45) is -0.276. The summed E-state index contributed by atoms with van der Waals surface area (Å²) in [6.45, 7) is 5.52. The van der Waals surface area contributed by atoms with Gasteiger partial charge in [-0.15, -0.1) is 0 Å². The Morgan fingerprint density at radius 3 is 2.25 bits per heavy atom. The third kappa shape index (κ3) is 3.69. The van der Waals surface area contributed by atoms with Crippen LogP contribution in [-0.2, 0) is 9.53 Å². The molecule has 0 aromatic rings. The van der Waals surface area contributed by atoms with Crippen LogP contribution < -0.4 is 11.1 Å². The molecule has 0 rings (SSSR count). The number of esters is 1. The lowest BCUT2D eigenvalue weighted by Gasteiger charge is -2.17. The smallest absolute Gasteiger partial charge is 0.324 e. The Labute approximate surface area is 73.5 Å². The number of carbonyl (C=O) groups excluding carboxylic acids is 1. The number of ether oxygens (including phenoxy) is 1. The van der Waals surface area contributed by atoms with Crippen LogP contribution in [0.25, 0.3) is 0 Å². The van der Waals surface area contributed by atoms with Crippen molar-refractivity contribution in [2.75, 3.05) is 7.05 Å². The molecular weight excluding hydrogens is 156 g/mol. The van der Waals surface area contributed by atoms with E-state index in [1.54, 1.807) is 14.0 Å². The number of nitrogens with two attached hydrogens (primary N) is 1. The summed E-state index contributed by atoms with van der Waals surface area (Å²) in [5.41, 5.74) is 5.56. The van der Waals surface area contributed by atoms with E-state index in [4.69, 9.17) is 10.5 Å². The van der Waals surface area contributed by atoms with Gasteiger partial charge in [0.1, 0.15) is 12.3 Å². The standard InChI is InChI=1S/C8H18N2O2/c1-5(2)7(9)8(11)12-6(3)10-4/h5-7,10H,9H2,1-4H3. The Morgan fingerprint density at radius 2 is 1.92 bits per heavy atom.